The van der Waals surface area contributed by atoms with Gasteiger partial charge in [0.2, 0.25) is 5.82 Å². The van der Waals surface area contributed by atoms with E-state index in [0.717, 1.165) is 0 Å². The van der Waals surface area contributed by atoms with Gasteiger partial charge in [-0.3, -0.25) is 14.9 Å². The van der Waals surface area contributed by atoms with Crippen LogP contribution in [0.15, 0.2) is 0 Å². The Kier molecular flexibility index (Phi) is 3.41. The summed E-state index contributed by atoms with van der Waals surface area (Å²) < 4.78 is 1.46. The van der Waals surface area contributed by atoms with Gasteiger partial charge in [0, 0.05) is 20.1 Å². The van der Waals surface area contributed by atoms with Gasteiger partial charge in [-0.05, 0) is 19.8 Å². The standard InChI is InChI=1S/C11H16N4O4/c1-7-9(15(18)19)10(13(2)12-7)14-5-3-4-8(6-14)11(16)17/h8H,3-6H2,1-2H3,(H,16,17). The summed E-state index contributed by atoms with van der Waals surface area (Å²) in [6.45, 7) is 2.49. The number of carbonyl (C=O) groups is 1. The zero-order valence-electron chi connectivity index (χ0n) is 10.9. The van der Waals surface area contributed by atoms with Gasteiger partial charge in [-0.2, -0.15) is 5.10 Å². The van der Waals surface area contributed by atoms with Gasteiger partial charge in [0.25, 0.3) is 0 Å². The average Bonchev–Trinajstić information content (AvgIpc) is 2.64. The number of piperidine rings is 1. The van der Waals surface area contributed by atoms with Crippen LogP contribution in [0, 0.1) is 23.0 Å². The van der Waals surface area contributed by atoms with Crippen LogP contribution in [0.3, 0.4) is 0 Å². The molecule has 0 bridgehead atoms. The second kappa shape index (κ2) is 4.87. The van der Waals surface area contributed by atoms with E-state index in [1.807, 2.05) is 0 Å². The quantitative estimate of drug-likeness (QED) is 0.646. The molecule has 0 aliphatic carbocycles. The van der Waals surface area contributed by atoms with Crippen molar-refractivity contribution in [1.29, 1.82) is 0 Å². The maximum Gasteiger partial charge on any atom is 0.333 e. The average molecular weight is 268 g/mol. The largest absolute Gasteiger partial charge is 0.481 e. The third-order valence-corrected chi connectivity index (χ3v) is 3.41. The smallest absolute Gasteiger partial charge is 0.333 e. The van der Waals surface area contributed by atoms with E-state index >= 15 is 0 Å². The minimum absolute atomic E-state index is 0.0338. The molecule has 0 radical (unpaired) electrons. The van der Waals surface area contributed by atoms with E-state index < -0.39 is 16.8 Å². The van der Waals surface area contributed by atoms with Gasteiger partial charge in [0.1, 0.15) is 5.69 Å². The Morgan fingerprint density at radius 3 is 2.84 bits per heavy atom. The zero-order valence-corrected chi connectivity index (χ0v) is 10.9. The number of rotatable bonds is 3. The molecular weight excluding hydrogens is 252 g/mol. The van der Waals surface area contributed by atoms with Gasteiger partial charge in [-0.25, -0.2) is 4.68 Å². The lowest BCUT2D eigenvalue weighted by molar-refractivity contribution is -0.384. The van der Waals surface area contributed by atoms with E-state index in [-0.39, 0.29) is 12.2 Å². The van der Waals surface area contributed by atoms with Gasteiger partial charge in [-0.15, -0.1) is 0 Å². The molecule has 1 aromatic rings. The number of anilines is 1. The van der Waals surface area contributed by atoms with E-state index in [0.29, 0.717) is 30.9 Å². The lowest BCUT2D eigenvalue weighted by Crippen LogP contribution is -2.39. The van der Waals surface area contributed by atoms with Crippen molar-refractivity contribution in [3.05, 3.63) is 15.8 Å². The summed E-state index contributed by atoms with van der Waals surface area (Å²) in [5.74, 6) is -0.941. The van der Waals surface area contributed by atoms with Crippen LogP contribution in [0.25, 0.3) is 0 Å². The molecule has 0 spiro atoms. The molecule has 1 N–H and O–H groups in total. The van der Waals surface area contributed by atoms with Crippen molar-refractivity contribution >= 4 is 17.5 Å². The van der Waals surface area contributed by atoms with Crippen molar-refractivity contribution in [1.82, 2.24) is 9.78 Å². The van der Waals surface area contributed by atoms with Crippen molar-refractivity contribution in [2.75, 3.05) is 18.0 Å². The maximum atomic E-state index is 11.1. The van der Waals surface area contributed by atoms with E-state index in [1.165, 1.54) is 4.68 Å². The molecule has 0 saturated carbocycles. The second-order valence-electron chi connectivity index (χ2n) is 4.76. The summed E-state index contributed by atoms with van der Waals surface area (Å²) in [7, 11) is 1.64. The lowest BCUT2D eigenvalue weighted by atomic mass is 9.98. The summed E-state index contributed by atoms with van der Waals surface area (Å²) in [4.78, 5) is 23.5. The van der Waals surface area contributed by atoms with Crippen molar-refractivity contribution < 1.29 is 14.8 Å². The number of hydrogen-bond donors (Lipinski definition) is 1. The topological polar surface area (TPSA) is 102 Å². The van der Waals surface area contributed by atoms with Crippen molar-refractivity contribution in [3.63, 3.8) is 0 Å². The predicted molar refractivity (Wildman–Crippen MR) is 67.2 cm³/mol. The normalized spacial score (nSPS) is 19.5. The van der Waals surface area contributed by atoms with Crippen LogP contribution in [0.5, 0.6) is 0 Å². The summed E-state index contributed by atoms with van der Waals surface area (Å²) in [5.41, 5.74) is 0.313. The van der Waals surface area contributed by atoms with E-state index in [9.17, 15) is 14.9 Å². The molecule has 8 heteroatoms. The summed E-state index contributed by atoms with van der Waals surface area (Å²) in [6.07, 6.45) is 1.31. The van der Waals surface area contributed by atoms with E-state index in [1.54, 1.807) is 18.9 Å². The Morgan fingerprint density at radius 2 is 2.26 bits per heavy atom. The van der Waals surface area contributed by atoms with Crippen LogP contribution in [-0.4, -0.2) is 38.9 Å². The molecule has 19 heavy (non-hydrogen) atoms. The molecule has 1 aliphatic rings. The first-order chi connectivity index (χ1) is 8.91. The van der Waals surface area contributed by atoms with E-state index in [4.69, 9.17) is 5.11 Å². The Balaban J connectivity index is 2.36. The third kappa shape index (κ3) is 2.38. The molecule has 0 amide bonds. The zero-order chi connectivity index (χ0) is 14.2. The monoisotopic (exact) mass is 268 g/mol. The number of hydrogen-bond acceptors (Lipinski definition) is 5. The number of nitrogens with zero attached hydrogens (tertiary/aromatic N) is 4. The summed E-state index contributed by atoms with van der Waals surface area (Å²) in [6, 6.07) is 0. The Labute approximate surface area is 109 Å². The number of nitro groups is 1. The number of carboxylic acid groups (broad SMARTS) is 1. The highest BCUT2D eigenvalue weighted by molar-refractivity contribution is 5.72. The first-order valence-corrected chi connectivity index (χ1v) is 6.07. The number of aromatic nitrogens is 2. The van der Waals surface area contributed by atoms with Crippen LogP contribution < -0.4 is 4.90 Å². The molecule has 1 fully saturated rings. The van der Waals surface area contributed by atoms with Crippen LogP contribution >= 0.6 is 0 Å². The Hall–Kier alpha value is -2.12. The molecule has 0 aromatic carbocycles. The van der Waals surface area contributed by atoms with Gasteiger partial charge in [-0.1, -0.05) is 0 Å². The molecule has 1 atom stereocenters. The minimum Gasteiger partial charge on any atom is -0.481 e. The van der Waals surface area contributed by atoms with Gasteiger partial charge < -0.3 is 10.0 Å². The van der Waals surface area contributed by atoms with Gasteiger partial charge in [0.15, 0.2) is 0 Å². The molecule has 2 heterocycles. The van der Waals surface area contributed by atoms with Crippen molar-refractivity contribution in [2.45, 2.75) is 19.8 Å². The van der Waals surface area contributed by atoms with Crippen LogP contribution in [0.2, 0.25) is 0 Å². The van der Waals surface area contributed by atoms with Crippen LogP contribution in [0.4, 0.5) is 11.5 Å². The SMILES string of the molecule is Cc1nn(C)c(N2CCCC(C(=O)O)C2)c1[N+](=O)[O-]. The molecule has 1 saturated heterocycles. The number of aliphatic carboxylic acids is 1. The number of aryl methyl sites for hydroxylation is 2. The van der Waals surface area contributed by atoms with Crippen LogP contribution in [0.1, 0.15) is 18.5 Å². The molecule has 104 valence electrons. The van der Waals surface area contributed by atoms with Crippen LogP contribution in [-0.2, 0) is 11.8 Å². The summed E-state index contributed by atoms with van der Waals surface area (Å²) >= 11 is 0. The van der Waals surface area contributed by atoms with Crippen molar-refractivity contribution in [2.24, 2.45) is 13.0 Å². The molecule has 1 aromatic heterocycles. The lowest BCUT2D eigenvalue weighted by Gasteiger charge is -2.31. The van der Waals surface area contributed by atoms with E-state index in [2.05, 4.69) is 5.10 Å². The minimum atomic E-state index is -0.855. The van der Waals surface area contributed by atoms with Gasteiger partial charge >= 0.3 is 11.7 Å². The fourth-order valence-electron chi connectivity index (χ4n) is 2.57. The fraction of sp³-hybridized carbons (Fsp3) is 0.636. The molecule has 1 aliphatic heterocycles. The van der Waals surface area contributed by atoms with Gasteiger partial charge in [0.05, 0.1) is 10.8 Å². The highest BCUT2D eigenvalue weighted by Gasteiger charge is 2.33. The summed E-state index contributed by atoms with van der Waals surface area (Å²) in [5, 5.41) is 24.3. The second-order valence-corrected chi connectivity index (χ2v) is 4.76. The predicted octanol–water partition coefficient (Wildman–Crippen LogP) is 0.938. The molecule has 2 rings (SSSR count). The molecule has 1 unspecified atom stereocenters. The third-order valence-electron chi connectivity index (χ3n) is 3.41. The maximum absolute atomic E-state index is 11.1. The number of carboxylic acids is 1. The first kappa shape index (κ1) is 13.3. The van der Waals surface area contributed by atoms with Crippen molar-refractivity contribution in [3.8, 4) is 0 Å². The Morgan fingerprint density at radius 1 is 1.58 bits per heavy atom. The highest BCUT2D eigenvalue weighted by atomic mass is 16.6. The molecular formula is C11H16N4O4. The highest BCUT2D eigenvalue weighted by Crippen LogP contribution is 2.33. The Bertz CT molecular complexity index is 525. The first-order valence-electron chi connectivity index (χ1n) is 6.07. The fourth-order valence-corrected chi connectivity index (χ4v) is 2.57. The molecule has 8 nitrogen and oxygen atoms in total.